The van der Waals surface area contributed by atoms with Crippen molar-refractivity contribution in [3.05, 3.63) is 41.7 Å². The molecule has 12 heteroatoms. The Morgan fingerprint density at radius 1 is 1.18 bits per heavy atom. The van der Waals surface area contributed by atoms with Crippen LogP contribution in [0.3, 0.4) is 0 Å². The zero-order valence-electron chi connectivity index (χ0n) is 18.2. The lowest BCUT2D eigenvalue weighted by molar-refractivity contribution is -0.169. The smallest absolute Gasteiger partial charge is 0.474 e. The molecule has 1 saturated heterocycles. The number of nitrogens with zero attached hydrogens (tertiary/aromatic N) is 5. The average Bonchev–Trinajstić information content (AvgIpc) is 3.26. The van der Waals surface area contributed by atoms with E-state index in [4.69, 9.17) is 4.74 Å². The fourth-order valence-electron chi connectivity index (χ4n) is 3.89. The van der Waals surface area contributed by atoms with Gasteiger partial charge in [0.2, 0.25) is 5.95 Å². The van der Waals surface area contributed by atoms with E-state index < -0.39 is 21.8 Å². The van der Waals surface area contributed by atoms with Gasteiger partial charge >= 0.3 is 12.1 Å². The van der Waals surface area contributed by atoms with Crippen molar-refractivity contribution < 1.29 is 26.9 Å². The first-order chi connectivity index (χ1) is 15.5. The minimum Gasteiger partial charge on any atom is -0.493 e. The number of rotatable bonds is 4. The van der Waals surface area contributed by atoms with Gasteiger partial charge in [-0.1, -0.05) is 12.1 Å². The van der Waals surface area contributed by atoms with Crippen LogP contribution in [0.1, 0.15) is 24.1 Å². The van der Waals surface area contributed by atoms with Gasteiger partial charge in [0, 0.05) is 57.3 Å². The number of carbonyl (C=O) groups excluding carboxylic acids is 1. The van der Waals surface area contributed by atoms with Crippen molar-refractivity contribution in [2.75, 3.05) is 43.9 Å². The third-order valence-corrected chi connectivity index (χ3v) is 7.50. The van der Waals surface area contributed by atoms with Crippen LogP contribution in [-0.4, -0.2) is 70.2 Å². The monoisotopic (exact) mass is 483 g/mol. The topological polar surface area (TPSA) is 88.0 Å². The number of anilines is 1. The molecule has 8 nitrogen and oxygen atoms in total. The molecule has 0 saturated carbocycles. The van der Waals surface area contributed by atoms with E-state index in [1.54, 1.807) is 0 Å². The molecule has 2 atom stereocenters. The number of carbonyl (C=O) groups is 1. The summed E-state index contributed by atoms with van der Waals surface area (Å²) in [7, 11) is -3.60. The van der Waals surface area contributed by atoms with E-state index in [1.165, 1.54) is 11.1 Å². The largest absolute Gasteiger partial charge is 0.493 e. The third-order valence-electron chi connectivity index (χ3n) is 5.90. The lowest BCUT2D eigenvalue weighted by atomic mass is 10.0. The van der Waals surface area contributed by atoms with E-state index in [0.717, 1.165) is 50.5 Å². The van der Waals surface area contributed by atoms with Crippen LogP contribution in [-0.2, 0) is 20.9 Å². The minimum atomic E-state index is -5.18. The molecule has 33 heavy (non-hydrogen) atoms. The SMILES string of the molecule is CC(c1ccc2c(c1)OCC2)N1CCN(c2ncc(S(C)(=O)=NC(=O)C(F)(F)F)cn2)CC1. The normalized spacial score (nSPS) is 19.4. The first-order valence-electron chi connectivity index (χ1n) is 10.4. The Morgan fingerprint density at radius 3 is 2.48 bits per heavy atom. The molecule has 1 fully saturated rings. The Hall–Kier alpha value is -2.73. The fourth-order valence-corrected chi connectivity index (χ4v) is 4.92. The summed E-state index contributed by atoms with van der Waals surface area (Å²) in [6, 6.07) is 6.59. The molecule has 4 rings (SSSR count). The highest BCUT2D eigenvalue weighted by Crippen LogP contribution is 2.31. The van der Waals surface area contributed by atoms with Crippen molar-refractivity contribution in [2.45, 2.75) is 30.5 Å². The summed E-state index contributed by atoms with van der Waals surface area (Å²) in [5, 5.41) is 0. The number of fused-ring (bicyclic) bond motifs is 1. The van der Waals surface area contributed by atoms with Gasteiger partial charge in [-0.3, -0.25) is 9.69 Å². The van der Waals surface area contributed by atoms with Crippen LogP contribution < -0.4 is 9.64 Å². The van der Waals surface area contributed by atoms with Crippen LogP contribution in [0, 0.1) is 0 Å². The van der Waals surface area contributed by atoms with Crippen molar-refractivity contribution in [3.63, 3.8) is 0 Å². The van der Waals surface area contributed by atoms with Crippen LogP contribution in [0.2, 0.25) is 0 Å². The maximum atomic E-state index is 12.5. The second kappa shape index (κ2) is 8.90. The maximum Gasteiger partial charge on any atom is 0.474 e. The molecule has 1 aromatic heterocycles. The van der Waals surface area contributed by atoms with Gasteiger partial charge in [-0.15, -0.1) is 4.36 Å². The summed E-state index contributed by atoms with van der Waals surface area (Å²) < 4.78 is 58.3. The fraction of sp³-hybridized carbons (Fsp3) is 0.476. The highest BCUT2D eigenvalue weighted by Gasteiger charge is 2.39. The number of hydrogen-bond donors (Lipinski definition) is 0. The summed E-state index contributed by atoms with van der Waals surface area (Å²) in [5.74, 6) is -1.05. The second-order valence-corrected chi connectivity index (χ2v) is 10.3. The van der Waals surface area contributed by atoms with Crippen molar-refractivity contribution >= 4 is 21.6 Å². The van der Waals surface area contributed by atoms with Gasteiger partial charge in [-0.05, 0) is 24.1 Å². The van der Waals surface area contributed by atoms with E-state index >= 15 is 0 Å². The number of amides is 1. The molecule has 0 bridgehead atoms. The van der Waals surface area contributed by atoms with Crippen LogP contribution in [0.15, 0.2) is 39.9 Å². The molecular formula is C21H24F3N5O3S. The number of hydrogen-bond acceptors (Lipinski definition) is 7. The molecular weight excluding hydrogens is 459 g/mol. The summed E-state index contributed by atoms with van der Waals surface area (Å²) in [5.41, 5.74) is 2.43. The Labute approximate surface area is 190 Å². The number of alkyl halides is 3. The second-order valence-electron chi connectivity index (χ2n) is 8.08. The highest BCUT2D eigenvalue weighted by atomic mass is 32.2. The Balaban J connectivity index is 1.39. The Bertz CT molecular complexity index is 1150. The molecule has 2 aliphatic rings. The number of aromatic nitrogens is 2. The zero-order chi connectivity index (χ0) is 23.8. The number of halogens is 3. The number of piperazine rings is 1. The van der Waals surface area contributed by atoms with Gasteiger partial charge in [0.05, 0.1) is 21.2 Å². The van der Waals surface area contributed by atoms with E-state index in [0.29, 0.717) is 19.0 Å². The van der Waals surface area contributed by atoms with E-state index in [2.05, 4.69) is 44.4 Å². The Morgan fingerprint density at radius 2 is 1.85 bits per heavy atom. The quantitative estimate of drug-likeness (QED) is 0.661. The van der Waals surface area contributed by atoms with E-state index in [1.807, 2.05) is 4.90 Å². The third kappa shape index (κ3) is 5.11. The van der Waals surface area contributed by atoms with Gasteiger partial charge in [0.15, 0.2) is 0 Å². The zero-order valence-corrected chi connectivity index (χ0v) is 19.0. The molecule has 0 spiro atoms. The molecule has 0 aliphatic carbocycles. The van der Waals surface area contributed by atoms with E-state index in [9.17, 15) is 22.2 Å². The molecule has 1 aromatic carbocycles. The molecule has 178 valence electrons. The van der Waals surface area contributed by atoms with Crippen molar-refractivity contribution in [1.29, 1.82) is 0 Å². The van der Waals surface area contributed by atoms with Crippen LogP contribution in [0.4, 0.5) is 19.1 Å². The van der Waals surface area contributed by atoms with Crippen molar-refractivity contribution in [3.8, 4) is 5.75 Å². The predicted molar refractivity (Wildman–Crippen MR) is 116 cm³/mol. The summed E-state index contributed by atoms with van der Waals surface area (Å²) in [6.07, 6.45) is -0.946. The number of ether oxygens (including phenoxy) is 1. The van der Waals surface area contributed by atoms with Crippen LogP contribution >= 0.6 is 0 Å². The molecule has 1 amide bonds. The molecule has 2 aromatic rings. The minimum absolute atomic E-state index is 0.130. The van der Waals surface area contributed by atoms with E-state index in [-0.39, 0.29) is 10.9 Å². The molecule has 0 N–H and O–H groups in total. The highest BCUT2D eigenvalue weighted by molar-refractivity contribution is 7.93. The lowest BCUT2D eigenvalue weighted by Crippen LogP contribution is -2.47. The maximum absolute atomic E-state index is 12.5. The average molecular weight is 484 g/mol. The van der Waals surface area contributed by atoms with Crippen molar-refractivity contribution in [2.24, 2.45) is 4.36 Å². The number of benzene rings is 1. The standard InChI is InChI=1S/C21H24F3N5O3S/c1-14(16-4-3-15-5-10-32-18(15)11-16)28-6-8-29(9-7-28)20-25-12-17(13-26-20)33(2,31)27-19(30)21(22,23)24/h3-4,11-14H,5-10H2,1-2H3. The van der Waals surface area contributed by atoms with Crippen LogP contribution in [0.5, 0.6) is 5.75 Å². The first kappa shape index (κ1) is 23.4. The predicted octanol–water partition coefficient (Wildman–Crippen LogP) is 2.84. The molecule has 0 radical (unpaired) electrons. The van der Waals surface area contributed by atoms with Crippen LogP contribution in [0.25, 0.3) is 0 Å². The lowest BCUT2D eigenvalue weighted by Gasteiger charge is -2.38. The Kier molecular flexibility index (Phi) is 6.32. The summed E-state index contributed by atoms with van der Waals surface area (Å²) in [6.45, 7) is 5.73. The first-order valence-corrected chi connectivity index (χ1v) is 12.4. The molecule has 2 aliphatic heterocycles. The van der Waals surface area contributed by atoms with Gasteiger partial charge in [0.25, 0.3) is 0 Å². The molecule has 3 heterocycles. The summed E-state index contributed by atoms with van der Waals surface area (Å²) in [4.78, 5) is 23.6. The summed E-state index contributed by atoms with van der Waals surface area (Å²) >= 11 is 0. The van der Waals surface area contributed by atoms with Gasteiger partial charge in [-0.25, -0.2) is 14.2 Å². The van der Waals surface area contributed by atoms with Crippen molar-refractivity contribution in [1.82, 2.24) is 14.9 Å². The van der Waals surface area contributed by atoms with Gasteiger partial charge in [0.1, 0.15) is 5.75 Å². The van der Waals surface area contributed by atoms with Gasteiger partial charge < -0.3 is 9.64 Å². The van der Waals surface area contributed by atoms with Gasteiger partial charge in [-0.2, -0.15) is 13.2 Å². The molecule has 2 unspecified atom stereocenters.